The average Bonchev–Trinajstić information content (AvgIpc) is 3.54. The molecule has 0 radical (unpaired) electrons. The van der Waals surface area contributed by atoms with E-state index in [4.69, 9.17) is 4.98 Å². The molecule has 5 heterocycles. The maximum Gasteiger partial charge on any atom is 0.224 e. The number of H-pyrrole nitrogens is 2. The molecule has 4 aromatic heterocycles. The molecular weight excluding hydrogens is 471 g/mol. The van der Waals surface area contributed by atoms with Gasteiger partial charge < -0.3 is 15.2 Å². The number of halogens is 1. The lowest BCUT2D eigenvalue weighted by molar-refractivity contribution is -0.116. The van der Waals surface area contributed by atoms with Crippen LogP contribution in [0.25, 0.3) is 44.7 Å². The summed E-state index contributed by atoms with van der Waals surface area (Å²) in [5, 5.41) is 10.4. The largest absolute Gasteiger partial charge is 0.370 e. The standard InChI is InChI=1S/C27H27FN8O/c1-2-7-21(37)31-17-12-16(13-29-14-17)24-23(28)22-19(15-30-24)34-35-26(22)27-32-18-8-6-9-20(25(18)33-27)36-10-4-3-5-11-36/h6,8-9,12-15H,2-5,7,10-11H2,1H3,(H,31,37)(H,32,33)(H,34,35). The third-order valence-electron chi connectivity index (χ3n) is 6.73. The molecule has 0 bridgehead atoms. The van der Waals surface area contributed by atoms with Crippen molar-refractivity contribution >= 4 is 39.2 Å². The first-order valence-electron chi connectivity index (χ1n) is 12.6. The van der Waals surface area contributed by atoms with Crippen molar-refractivity contribution in [3.63, 3.8) is 0 Å². The number of amides is 1. The Morgan fingerprint density at radius 1 is 1.11 bits per heavy atom. The number of carbonyl (C=O) groups is 1. The summed E-state index contributed by atoms with van der Waals surface area (Å²) in [6.45, 7) is 3.94. The molecule has 9 nitrogen and oxygen atoms in total. The molecule has 5 aromatic rings. The first kappa shape index (κ1) is 23.1. The van der Waals surface area contributed by atoms with Crippen LogP contribution >= 0.6 is 0 Å². The number of benzene rings is 1. The van der Waals surface area contributed by atoms with Gasteiger partial charge in [0.1, 0.15) is 16.9 Å². The van der Waals surface area contributed by atoms with Crippen molar-refractivity contribution < 1.29 is 9.18 Å². The number of pyridine rings is 2. The van der Waals surface area contributed by atoms with Gasteiger partial charge in [0, 0.05) is 31.3 Å². The summed E-state index contributed by atoms with van der Waals surface area (Å²) in [4.78, 5) is 31.1. The number of rotatable bonds is 6. The topological polar surface area (TPSA) is 115 Å². The molecule has 1 aromatic carbocycles. The Balaban J connectivity index is 1.41. The summed E-state index contributed by atoms with van der Waals surface area (Å²) in [7, 11) is 0. The number of piperidine rings is 1. The fraction of sp³-hybridized carbons (Fsp3) is 0.296. The highest BCUT2D eigenvalue weighted by molar-refractivity contribution is 5.97. The summed E-state index contributed by atoms with van der Waals surface area (Å²) < 4.78 is 16.0. The first-order chi connectivity index (χ1) is 18.1. The molecule has 0 spiro atoms. The van der Waals surface area contributed by atoms with Crippen LogP contribution in [0.2, 0.25) is 0 Å². The average molecular weight is 499 g/mol. The smallest absolute Gasteiger partial charge is 0.224 e. The Morgan fingerprint density at radius 2 is 1.97 bits per heavy atom. The molecule has 6 rings (SSSR count). The van der Waals surface area contributed by atoms with Gasteiger partial charge >= 0.3 is 0 Å². The number of para-hydroxylation sites is 1. The van der Waals surface area contributed by atoms with Crippen molar-refractivity contribution in [2.75, 3.05) is 23.3 Å². The van der Waals surface area contributed by atoms with E-state index in [1.165, 1.54) is 18.8 Å². The number of aromatic amines is 2. The van der Waals surface area contributed by atoms with Gasteiger partial charge in [-0.3, -0.25) is 19.9 Å². The van der Waals surface area contributed by atoms with Crippen LogP contribution in [0.15, 0.2) is 42.9 Å². The summed E-state index contributed by atoms with van der Waals surface area (Å²) in [5.74, 6) is -0.159. The first-order valence-corrected chi connectivity index (χ1v) is 12.6. The second-order valence-electron chi connectivity index (χ2n) is 9.35. The molecule has 1 amide bonds. The number of carbonyl (C=O) groups excluding carboxylic acids is 1. The van der Waals surface area contributed by atoms with Crippen LogP contribution in [0.5, 0.6) is 0 Å². The molecule has 10 heteroatoms. The van der Waals surface area contributed by atoms with Crippen molar-refractivity contribution in [2.24, 2.45) is 0 Å². The Labute approximate surface area is 212 Å². The molecule has 188 valence electrons. The minimum absolute atomic E-state index is 0.115. The van der Waals surface area contributed by atoms with E-state index in [1.807, 2.05) is 19.1 Å². The summed E-state index contributed by atoms with van der Waals surface area (Å²) in [6.07, 6.45) is 9.32. The normalized spacial score (nSPS) is 13.9. The molecular formula is C27H27FN8O. The molecule has 0 aliphatic carbocycles. The summed E-state index contributed by atoms with van der Waals surface area (Å²) in [5.41, 5.74) is 4.74. The lowest BCUT2D eigenvalue weighted by atomic mass is 10.1. The van der Waals surface area contributed by atoms with Gasteiger partial charge in [-0.25, -0.2) is 9.37 Å². The van der Waals surface area contributed by atoms with E-state index < -0.39 is 5.82 Å². The van der Waals surface area contributed by atoms with Crippen molar-refractivity contribution in [3.8, 4) is 22.8 Å². The molecule has 0 saturated carbocycles. The van der Waals surface area contributed by atoms with E-state index in [9.17, 15) is 4.79 Å². The van der Waals surface area contributed by atoms with Crippen LogP contribution in [0.1, 0.15) is 39.0 Å². The number of fused-ring (bicyclic) bond motifs is 2. The summed E-state index contributed by atoms with van der Waals surface area (Å²) in [6, 6.07) is 7.74. The molecule has 0 unspecified atom stereocenters. The van der Waals surface area contributed by atoms with Gasteiger partial charge in [0.15, 0.2) is 11.6 Å². The quantitative estimate of drug-likeness (QED) is 0.287. The zero-order chi connectivity index (χ0) is 25.4. The molecule has 1 fully saturated rings. The molecule has 0 atom stereocenters. The van der Waals surface area contributed by atoms with E-state index in [0.29, 0.717) is 40.1 Å². The van der Waals surface area contributed by atoms with E-state index in [0.717, 1.165) is 49.1 Å². The Kier molecular flexibility index (Phi) is 5.99. The van der Waals surface area contributed by atoms with Gasteiger partial charge in [-0.1, -0.05) is 13.0 Å². The van der Waals surface area contributed by atoms with Crippen molar-refractivity contribution in [1.29, 1.82) is 0 Å². The minimum Gasteiger partial charge on any atom is -0.370 e. The van der Waals surface area contributed by atoms with Crippen LogP contribution in [0.3, 0.4) is 0 Å². The van der Waals surface area contributed by atoms with Crippen LogP contribution in [-0.4, -0.2) is 49.1 Å². The predicted molar refractivity (Wildman–Crippen MR) is 142 cm³/mol. The van der Waals surface area contributed by atoms with Gasteiger partial charge in [0.05, 0.1) is 40.2 Å². The lowest BCUT2D eigenvalue weighted by Crippen LogP contribution is -2.29. The van der Waals surface area contributed by atoms with Crippen LogP contribution in [0.4, 0.5) is 15.8 Å². The van der Waals surface area contributed by atoms with Gasteiger partial charge in [-0.05, 0) is 43.9 Å². The van der Waals surface area contributed by atoms with Crippen LogP contribution < -0.4 is 10.2 Å². The number of aromatic nitrogens is 6. The van der Waals surface area contributed by atoms with E-state index in [2.05, 4.69) is 41.4 Å². The van der Waals surface area contributed by atoms with Crippen molar-refractivity contribution in [1.82, 2.24) is 30.1 Å². The molecule has 1 aliphatic heterocycles. The van der Waals surface area contributed by atoms with Crippen molar-refractivity contribution in [2.45, 2.75) is 39.0 Å². The third kappa shape index (κ3) is 4.28. The maximum atomic E-state index is 16.0. The van der Waals surface area contributed by atoms with E-state index in [-0.39, 0.29) is 11.6 Å². The minimum atomic E-state index is -0.531. The highest BCUT2D eigenvalue weighted by Gasteiger charge is 2.22. The number of anilines is 2. The highest BCUT2D eigenvalue weighted by atomic mass is 19.1. The second kappa shape index (κ2) is 9.61. The highest BCUT2D eigenvalue weighted by Crippen LogP contribution is 2.35. The number of nitrogens with zero attached hydrogens (tertiary/aromatic N) is 5. The molecule has 1 aliphatic rings. The maximum absolute atomic E-state index is 16.0. The predicted octanol–water partition coefficient (Wildman–Crippen LogP) is 5.43. The van der Waals surface area contributed by atoms with E-state index >= 15 is 4.39 Å². The Hall–Kier alpha value is -4.34. The Bertz CT molecular complexity index is 1600. The van der Waals surface area contributed by atoms with Crippen molar-refractivity contribution in [3.05, 3.63) is 48.7 Å². The fourth-order valence-corrected chi connectivity index (χ4v) is 4.96. The number of nitrogens with one attached hydrogen (secondary N) is 3. The SMILES string of the molecule is CCCC(=O)Nc1cncc(-c2ncc3[nH]nc(-c4nc5c(N6CCCCC6)cccc5[nH]4)c3c2F)c1. The number of imidazole rings is 1. The van der Waals surface area contributed by atoms with Crippen LogP contribution in [-0.2, 0) is 4.79 Å². The summed E-state index contributed by atoms with van der Waals surface area (Å²) >= 11 is 0. The Morgan fingerprint density at radius 3 is 2.81 bits per heavy atom. The second-order valence-corrected chi connectivity index (χ2v) is 9.35. The number of hydrogen-bond acceptors (Lipinski definition) is 6. The van der Waals surface area contributed by atoms with Gasteiger partial charge in [-0.2, -0.15) is 5.10 Å². The van der Waals surface area contributed by atoms with Gasteiger partial charge in [0.25, 0.3) is 0 Å². The van der Waals surface area contributed by atoms with Gasteiger partial charge in [0.2, 0.25) is 5.91 Å². The van der Waals surface area contributed by atoms with E-state index in [1.54, 1.807) is 12.3 Å². The zero-order valence-electron chi connectivity index (χ0n) is 20.5. The molecule has 37 heavy (non-hydrogen) atoms. The number of hydrogen-bond donors (Lipinski definition) is 3. The third-order valence-corrected chi connectivity index (χ3v) is 6.73. The fourth-order valence-electron chi connectivity index (χ4n) is 4.96. The van der Waals surface area contributed by atoms with Crippen LogP contribution in [0, 0.1) is 5.82 Å². The molecule has 3 N–H and O–H groups in total. The lowest BCUT2D eigenvalue weighted by Gasteiger charge is -2.28. The van der Waals surface area contributed by atoms with Gasteiger partial charge in [-0.15, -0.1) is 0 Å². The molecule has 1 saturated heterocycles. The zero-order valence-corrected chi connectivity index (χ0v) is 20.5. The monoisotopic (exact) mass is 498 g/mol.